The molecule has 2 aliphatic rings. The molecule has 1 aromatic rings. The van der Waals surface area contributed by atoms with Gasteiger partial charge in [-0.05, 0) is 38.1 Å². The normalized spacial score (nSPS) is 28.7. The van der Waals surface area contributed by atoms with E-state index in [1.807, 2.05) is 19.2 Å². The van der Waals surface area contributed by atoms with Crippen molar-refractivity contribution in [3.63, 3.8) is 0 Å². The van der Waals surface area contributed by atoms with Crippen molar-refractivity contribution in [3.05, 3.63) is 29.8 Å². The molecule has 0 amide bonds. The number of rotatable bonds is 3. The zero-order chi connectivity index (χ0) is 14.0. The second kappa shape index (κ2) is 5.72. The molecule has 2 fully saturated rings. The number of hydrogen-bond donors (Lipinski definition) is 1. The largest absolute Gasteiger partial charge is 0.489 e. The smallest absolute Gasteiger partial charge is 0.172 e. The van der Waals surface area contributed by atoms with Crippen molar-refractivity contribution in [1.29, 1.82) is 0 Å². The summed E-state index contributed by atoms with van der Waals surface area (Å²) < 4.78 is 17.9. The van der Waals surface area contributed by atoms with Crippen LogP contribution in [0, 0.1) is 6.92 Å². The SMILES string of the molecule is CNC1CCC2(CC1Oc1cccc(C)c1)OCCO2. The first-order valence-corrected chi connectivity index (χ1v) is 7.39. The lowest BCUT2D eigenvalue weighted by Crippen LogP contribution is -2.52. The van der Waals surface area contributed by atoms with Crippen LogP contribution in [0.3, 0.4) is 0 Å². The lowest BCUT2D eigenvalue weighted by atomic mass is 9.87. The molecule has 1 aliphatic heterocycles. The standard InChI is InChI=1S/C16H23NO3/c1-12-4-3-5-13(10-12)20-15-11-16(18-8-9-19-16)7-6-14(15)17-2/h3-5,10,14-15,17H,6-9,11H2,1-2H3. The number of benzene rings is 1. The fourth-order valence-corrected chi connectivity index (χ4v) is 3.19. The van der Waals surface area contributed by atoms with Crippen LogP contribution in [-0.2, 0) is 9.47 Å². The Labute approximate surface area is 120 Å². The first-order chi connectivity index (χ1) is 9.71. The summed E-state index contributed by atoms with van der Waals surface area (Å²) >= 11 is 0. The summed E-state index contributed by atoms with van der Waals surface area (Å²) in [7, 11) is 1.99. The molecule has 1 saturated heterocycles. The number of hydrogen-bond acceptors (Lipinski definition) is 4. The van der Waals surface area contributed by atoms with Crippen molar-refractivity contribution in [2.75, 3.05) is 20.3 Å². The first-order valence-electron chi connectivity index (χ1n) is 7.39. The van der Waals surface area contributed by atoms with Gasteiger partial charge >= 0.3 is 0 Å². The van der Waals surface area contributed by atoms with Crippen molar-refractivity contribution in [2.24, 2.45) is 0 Å². The lowest BCUT2D eigenvalue weighted by molar-refractivity contribution is -0.196. The molecule has 1 N–H and O–H groups in total. The van der Waals surface area contributed by atoms with E-state index in [4.69, 9.17) is 14.2 Å². The third kappa shape index (κ3) is 2.82. The van der Waals surface area contributed by atoms with Crippen molar-refractivity contribution in [2.45, 2.75) is 44.1 Å². The van der Waals surface area contributed by atoms with Gasteiger partial charge in [-0.1, -0.05) is 12.1 Å². The lowest BCUT2D eigenvalue weighted by Gasteiger charge is -2.40. The molecular formula is C16H23NO3. The van der Waals surface area contributed by atoms with Crippen LogP contribution in [0.2, 0.25) is 0 Å². The minimum atomic E-state index is -0.415. The summed E-state index contributed by atoms with van der Waals surface area (Å²) in [5, 5.41) is 3.36. The van der Waals surface area contributed by atoms with Gasteiger partial charge in [-0.25, -0.2) is 0 Å². The summed E-state index contributed by atoms with van der Waals surface area (Å²) in [6.45, 7) is 3.47. The van der Waals surface area contributed by atoms with Crippen molar-refractivity contribution >= 4 is 0 Å². The van der Waals surface area contributed by atoms with Crippen LogP contribution >= 0.6 is 0 Å². The Morgan fingerprint density at radius 1 is 1.30 bits per heavy atom. The highest BCUT2D eigenvalue weighted by Crippen LogP contribution is 2.37. The van der Waals surface area contributed by atoms with Crippen molar-refractivity contribution in [3.8, 4) is 5.75 Å². The third-order valence-electron chi connectivity index (χ3n) is 4.26. The molecule has 2 atom stereocenters. The zero-order valence-corrected chi connectivity index (χ0v) is 12.2. The molecule has 1 heterocycles. The van der Waals surface area contributed by atoms with Crippen LogP contribution in [0.15, 0.2) is 24.3 Å². The third-order valence-corrected chi connectivity index (χ3v) is 4.26. The molecule has 4 heteroatoms. The summed E-state index contributed by atoms with van der Waals surface area (Å²) in [4.78, 5) is 0. The summed E-state index contributed by atoms with van der Waals surface area (Å²) in [5.41, 5.74) is 1.21. The Kier molecular flexibility index (Phi) is 3.96. The van der Waals surface area contributed by atoms with Crippen molar-refractivity contribution in [1.82, 2.24) is 5.32 Å². The molecule has 0 radical (unpaired) electrons. The monoisotopic (exact) mass is 277 g/mol. The molecule has 2 unspecified atom stereocenters. The van der Waals surface area contributed by atoms with Crippen LogP contribution in [0.1, 0.15) is 24.8 Å². The molecule has 20 heavy (non-hydrogen) atoms. The van der Waals surface area contributed by atoms with E-state index in [-0.39, 0.29) is 6.10 Å². The van der Waals surface area contributed by atoms with Gasteiger partial charge < -0.3 is 19.5 Å². The van der Waals surface area contributed by atoms with E-state index in [0.29, 0.717) is 19.3 Å². The second-order valence-electron chi connectivity index (χ2n) is 5.72. The fourth-order valence-electron chi connectivity index (χ4n) is 3.19. The van der Waals surface area contributed by atoms with Gasteiger partial charge in [0.15, 0.2) is 5.79 Å². The van der Waals surface area contributed by atoms with Gasteiger partial charge in [0.05, 0.1) is 13.2 Å². The van der Waals surface area contributed by atoms with Gasteiger partial charge in [-0.2, -0.15) is 0 Å². The highest BCUT2D eigenvalue weighted by molar-refractivity contribution is 5.27. The molecule has 1 saturated carbocycles. The minimum absolute atomic E-state index is 0.0775. The maximum atomic E-state index is 6.20. The van der Waals surface area contributed by atoms with E-state index in [0.717, 1.165) is 25.0 Å². The fraction of sp³-hybridized carbons (Fsp3) is 0.625. The quantitative estimate of drug-likeness (QED) is 0.920. The average molecular weight is 277 g/mol. The Bertz CT molecular complexity index is 457. The minimum Gasteiger partial charge on any atom is -0.489 e. The van der Waals surface area contributed by atoms with Crippen molar-refractivity contribution < 1.29 is 14.2 Å². The van der Waals surface area contributed by atoms with Gasteiger partial charge in [-0.15, -0.1) is 0 Å². The Morgan fingerprint density at radius 3 is 2.80 bits per heavy atom. The number of nitrogens with one attached hydrogen (secondary N) is 1. The van der Waals surface area contributed by atoms with Gasteiger partial charge in [0.1, 0.15) is 11.9 Å². The van der Waals surface area contributed by atoms with E-state index < -0.39 is 5.79 Å². The molecule has 1 aliphatic carbocycles. The van der Waals surface area contributed by atoms with Gasteiger partial charge in [-0.3, -0.25) is 0 Å². The predicted molar refractivity (Wildman–Crippen MR) is 76.9 cm³/mol. The van der Waals surface area contributed by atoms with Gasteiger partial charge in [0, 0.05) is 18.9 Å². The van der Waals surface area contributed by atoms with Crippen LogP contribution in [0.25, 0.3) is 0 Å². The van der Waals surface area contributed by atoms with E-state index in [2.05, 4.69) is 24.4 Å². The van der Waals surface area contributed by atoms with Crippen LogP contribution in [0.5, 0.6) is 5.75 Å². The highest BCUT2D eigenvalue weighted by atomic mass is 16.7. The van der Waals surface area contributed by atoms with Gasteiger partial charge in [0.25, 0.3) is 0 Å². The maximum Gasteiger partial charge on any atom is 0.172 e. The Hall–Kier alpha value is -1.10. The van der Waals surface area contributed by atoms with E-state index in [1.54, 1.807) is 0 Å². The number of aryl methyl sites for hydroxylation is 1. The van der Waals surface area contributed by atoms with Crippen LogP contribution < -0.4 is 10.1 Å². The molecule has 1 aromatic carbocycles. The van der Waals surface area contributed by atoms with Crippen LogP contribution in [0.4, 0.5) is 0 Å². The average Bonchev–Trinajstić information content (AvgIpc) is 2.87. The Balaban J connectivity index is 1.74. The summed E-state index contributed by atoms with van der Waals surface area (Å²) in [6.07, 6.45) is 2.81. The maximum absolute atomic E-state index is 6.20. The summed E-state index contributed by atoms with van der Waals surface area (Å²) in [5.74, 6) is 0.507. The molecule has 1 spiro atoms. The molecule has 0 bridgehead atoms. The molecule has 110 valence electrons. The van der Waals surface area contributed by atoms with E-state index in [1.165, 1.54) is 5.56 Å². The molecule has 4 nitrogen and oxygen atoms in total. The van der Waals surface area contributed by atoms with E-state index >= 15 is 0 Å². The summed E-state index contributed by atoms with van der Waals surface area (Å²) in [6, 6.07) is 8.53. The molecule has 3 rings (SSSR count). The Morgan fingerprint density at radius 2 is 2.10 bits per heavy atom. The predicted octanol–water partition coefficient (Wildman–Crippen LogP) is 2.26. The molecular weight excluding hydrogens is 254 g/mol. The van der Waals surface area contributed by atoms with E-state index in [9.17, 15) is 0 Å². The first kappa shape index (κ1) is 13.9. The topological polar surface area (TPSA) is 39.7 Å². The molecule has 0 aromatic heterocycles. The zero-order valence-electron chi connectivity index (χ0n) is 12.2. The second-order valence-corrected chi connectivity index (χ2v) is 5.72. The number of ether oxygens (including phenoxy) is 3. The van der Waals surface area contributed by atoms with Crippen LogP contribution in [-0.4, -0.2) is 38.2 Å². The highest BCUT2D eigenvalue weighted by Gasteiger charge is 2.45. The van der Waals surface area contributed by atoms with Gasteiger partial charge in [0.2, 0.25) is 0 Å². The number of likely N-dealkylation sites (N-methyl/N-ethyl adjacent to an activating group) is 1.